The van der Waals surface area contributed by atoms with Crippen molar-refractivity contribution in [1.82, 2.24) is 15.0 Å². The Morgan fingerprint density at radius 3 is 2.17 bits per heavy atom. The lowest BCUT2D eigenvalue weighted by atomic mass is 9.88. The second-order valence-electron chi connectivity index (χ2n) is 8.88. The molecule has 2 aromatic heterocycles. The minimum atomic E-state index is 0.0267. The Labute approximate surface area is 173 Å². The molecule has 0 saturated heterocycles. The van der Waals surface area contributed by atoms with Crippen LogP contribution in [0.2, 0.25) is 0 Å². The molecule has 0 aromatic carbocycles. The molecule has 0 aliphatic heterocycles. The average Bonchev–Trinajstić information content (AvgIpc) is 3.39. The van der Waals surface area contributed by atoms with Crippen LogP contribution in [0.4, 0.5) is 0 Å². The van der Waals surface area contributed by atoms with Crippen LogP contribution in [0.3, 0.4) is 0 Å². The van der Waals surface area contributed by atoms with Gasteiger partial charge in [0.1, 0.15) is 5.76 Å². The molecule has 0 radical (unpaired) electrons. The maximum atomic E-state index is 13.5. The molecule has 2 heterocycles. The zero-order valence-corrected chi connectivity index (χ0v) is 17.7. The van der Waals surface area contributed by atoms with Gasteiger partial charge in [-0.2, -0.15) is 0 Å². The molecule has 0 N–H and O–H groups in total. The van der Waals surface area contributed by atoms with Crippen molar-refractivity contribution in [3.63, 3.8) is 0 Å². The summed E-state index contributed by atoms with van der Waals surface area (Å²) >= 11 is 0. The fourth-order valence-electron chi connectivity index (χ4n) is 4.88. The summed E-state index contributed by atoms with van der Waals surface area (Å²) in [6.07, 6.45) is 11.9. The molecule has 158 valence electrons. The number of carbonyl (C=O) groups is 1. The van der Waals surface area contributed by atoms with Crippen LogP contribution >= 0.6 is 0 Å². The third kappa shape index (κ3) is 4.74. The Balaban J connectivity index is 1.53. The largest absolute Gasteiger partial charge is 0.456 e. The molecule has 2 fully saturated rings. The highest BCUT2D eigenvalue weighted by Crippen LogP contribution is 2.32. The fraction of sp³-hybridized carbons (Fsp3) is 0.652. The number of carbonyl (C=O) groups excluding carboxylic acids is 1. The van der Waals surface area contributed by atoms with Crippen LogP contribution in [0.25, 0.3) is 11.5 Å². The maximum absolute atomic E-state index is 13.5. The van der Waals surface area contributed by atoms with Crippen LogP contribution < -0.4 is 0 Å². The molecule has 6 heteroatoms. The molecule has 2 saturated carbocycles. The van der Waals surface area contributed by atoms with Crippen LogP contribution in [-0.2, 0) is 6.54 Å². The maximum Gasteiger partial charge on any atom is 0.276 e. The molecule has 2 aliphatic rings. The Hall–Kier alpha value is -2.08. The van der Waals surface area contributed by atoms with Crippen molar-refractivity contribution in [2.45, 2.75) is 82.8 Å². The second-order valence-corrected chi connectivity index (χ2v) is 8.88. The summed E-state index contributed by atoms with van der Waals surface area (Å²) in [5.41, 5.74) is 0.404. The van der Waals surface area contributed by atoms with Crippen LogP contribution in [0.1, 0.15) is 80.5 Å². The summed E-state index contributed by atoms with van der Waals surface area (Å²) in [6, 6.07) is 6.26. The molecule has 0 spiro atoms. The summed E-state index contributed by atoms with van der Waals surface area (Å²) in [5, 5.41) is 4.14. The van der Waals surface area contributed by atoms with Crippen molar-refractivity contribution in [2.24, 2.45) is 0 Å². The number of furan rings is 1. The van der Waals surface area contributed by atoms with E-state index in [0.717, 1.165) is 38.0 Å². The topological polar surface area (TPSA) is 62.7 Å². The van der Waals surface area contributed by atoms with E-state index in [1.807, 2.05) is 31.1 Å². The summed E-state index contributed by atoms with van der Waals surface area (Å²) in [7, 11) is 4.00. The van der Waals surface area contributed by atoms with Gasteiger partial charge in [0.25, 0.3) is 5.91 Å². The summed E-state index contributed by atoms with van der Waals surface area (Å²) in [5.74, 6) is 2.03. The van der Waals surface area contributed by atoms with E-state index in [1.54, 1.807) is 6.07 Å². The van der Waals surface area contributed by atoms with Crippen molar-refractivity contribution in [3.8, 4) is 11.5 Å². The van der Waals surface area contributed by atoms with Crippen molar-refractivity contribution < 1.29 is 13.7 Å². The van der Waals surface area contributed by atoms with Gasteiger partial charge in [0.2, 0.25) is 5.76 Å². The van der Waals surface area contributed by atoms with Gasteiger partial charge in [0.15, 0.2) is 11.5 Å². The zero-order valence-electron chi connectivity index (χ0n) is 17.7. The van der Waals surface area contributed by atoms with E-state index in [9.17, 15) is 4.79 Å². The minimum absolute atomic E-state index is 0.0267. The lowest BCUT2D eigenvalue weighted by molar-refractivity contribution is 0.0438. The molecule has 6 nitrogen and oxygen atoms in total. The molecule has 0 bridgehead atoms. The molecule has 0 unspecified atom stereocenters. The number of hydrogen-bond donors (Lipinski definition) is 0. The standard InChI is InChI=1S/C23H33N3O3/c1-25(2)16-19-13-14-21(28-19)22-15-20(24-29-22)23(27)26(17-9-5-3-6-10-17)18-11-7-4-8-12-18/h13-15,17-18H,3-12,16H2,1-2H3. The van der Waals surface area contributed by atoms with Crippen molar-refractivity contribution in [2.75, 3.05) is 14.1 Å². The van der Waals surface area contributed by atoms with E-state index in [1.165, 1.54) is 38.5 Å². The van der Waals surface area contributed by atoms with Crippen molar-refractivity contribution in [3.05, 3.63) is 29.7 Å². The van der Waals surface area contributed by atoms with Gasteiger partial charge in [-0.1, -0.05) is 43.7 Å². The highest BCUT2D eigenvalue weighted by molar-refractivity contribution is 5.93. The fourth-order valence-corrected chi connectivity index (χ4v) is 4.88. The highest BCUT2D eigenvalue weighted by Gasteiger charge is 2.34. The van der Waals surface area contributed by atoms with Gasteiger partial charge in [0, 0.05) is 18.2 Å². The third-order valence-electron chi connectivity index (χ3n) is 6.28. The smallest absolute Gasteiger partial charge is 0.276 e. The van der Waals surface area contributed by atoms with E-state index in [0.29, 0.717) is 29.3 Å². The predicted octanol–water partition coefficient (Wildman–Crippen LogP) is 5.10. The molecule has 4 rings (SSSR count). The molecule has 29 heavy (non-hydrogen) atoms. The Bertz CT molecular complexity index is 780. The van der Waals surface area contributed by atoms with Crippen LogP contribution in [0.15, 0.2) is 27.1 Å². The van der Waals surface area contributed by atoms with Crippen molar-refractivity contribution >= 4 is 5.91 Å². The first-order valence-electron chi connectivity index (χ1n) is 11.1. The molecule has 2 aromatic rings. The molecule has 0 atom stereocenters. The normalized spacial score (nSPS) is 19.0. The van der Waals surface area contributed by atoms with Gasteiger partial charge in [-0.3, -0.25) is 4.79 Å². The number of amides is 1. The SMILES string of the molecule is CN(C)Cc1ccc(-c2cc(C(=O)N(C3CCCCC3)C3CCCCC3)no2)o1. The van der Waals surface area contributed by atoms with Gasteiger partial charge in [-0.15, -0.1) is 0 Å². The summed E-state index contributed by atoms with van der Waals surface area (Å²) in [4.78, 5) is 17.7. The van der Waals surface area contributed by atoms with Gasteiger partial charge in [-0.25, -0.2) is 0 Å². The minimum Gasteiger partial charge on any atom is -0.456 e. The quantitative estimate of drug-likeness (QED) is 0.676. The van der Waals surface area contributed by atoms with Gasteiger partial charge < -0.3 is 18.7 Å². The van der Waals surface area contributed by atoms with E-state index in [4.69, 9.17) is 8.94 Å². The molecular weight excluding hydrogens is 366 g/mol. The lowest BCUT2D eigenvalue weighted by Gasteiger charge is -2.41. The number of nitrogens with zero attached hydrogens (tertiary/aromatic N) is 3. The van der Waals surface area contributed by atoms with E-state index >= 15 is 0 Å². The second kappa shape index (κ2) is 9.16. The first-order chi connectivity index (χ1) is 14.1. The van der Waals surface area contributed by atoms with Crippen LogP contribution in [-0.4, -0.2) is 47.0 Å². The average molecular weight is 400 g/mol. The summed E-state index contributed by atoms with van der Waals surface area (Å²) < 4.78 is 11.4. The lowest BCUT2D eigenvalue weighted by Crippen LogP contribution is -2.48. The number of aromatic nitrogens is 1. The number of rotatable bonds is 6. The third-order valence-corrected chi connectivity index (χ3v) is 6.28. The van der Waals surface area contributed by atoms with E-state index < -0.39 is 0 Å². The van der Waals surface area contributed by atoms with E-state index in [-0.39, 0.29) is 5.91 Å². The van der Waals surface area contributed by atoms with Crippen LogP contribution in [0.5, 0.6) is 0 Å². The first-order valence-corrected chi connectivity index (χ1v) is 11.1. The van der Waals surface area contributed by atoms with Gasteiger partial charge >= 0.3 is 0 Å². The van der Waals surface area contributed by atoms with Crippen molar-refractivity contribution in [1.29, 1.82) is 0 Å². The number of hydrogen-bond acceptors (Lipinski definition) is 5. The predicted molar refractivity (Wildman–Crippen MR) is 112 cm³/mol. The Kier molecular flexibility index (Phi) is 6.38. The Morgan fingerprint density at radius 1 is 0.966 bits per heavy atom. The van der Waals surface area contributed by atoms with Gasteiger partial charge in [0.05, 0.1) is 6.54 Å². The molecule has 1 amide bonds. The van der Waals surface area contributed by atoms with Gasteiger partial charge in [-0.05, 0) is 51.9 Å². The first kappa shape index (κ1) is 20.2. The Morgan fingerprint density at radius 2 is 1.59 bits per heavy atom. The van der Waals surface area contributed by atoms with Crippen LogP contribution in [0, 0.1) is 0 Å². The monoisotopic (exact) mass is 399 g/mol. The summed E-state index contributed by atoms with van der Waals surface area (Å²) in [6.45, 7) is 0.719. The molecule has 2 aliphatic carbocycles. The van der Waals surface area contributed by atoms with E-state index in [2.05, 4.69) is 10.1 Å². The highest BCUT2D eigenvalue weighted by atomic mass is 16.5. The molecular formula is C23H33N3O3. The zero-order chi connectivity index (χ0) is 20.2.